The molecule has 322 valence electrons. The van der Waals surface area contributed by atoms with E-state index in [1.807, 2.05) is 52.0 Å². The molecule has 0 saturated heterocycles. The van der Waals surface area contributed by atoms with Gasteiger partial charge in [-0.3, -0.25) is 0 Å². The standard InChI is InChI=1S/2C21H17F6.C2H6Si.2CH3.Zr/c2*1-3-4-13-5-6-14-7-12(2)8-18(14)19(13)15-9-16(20(22,23)24)11-17(10-15)21(25,26)27;1-3-2;;;/h2*5-11H,3-4H2,1-2H3;1-2H3;2*1H3;/q2*-1;;2*-1;+4. The van der Waals surface area contributed by atoms with Gasteiger partial charge in [0.25, 0.3) is 0 Å². The summed E-state index contributed by atoms with van der Waals surface area (Å²) in [5.41, 5.74) is -1.13. The van der Waals surface area contributed by atoms with Gasteiger partial charge in [0.05, 0.1) is 22.3 Å². The van der Waals surface area contributed by atoms with Gasteiger partial charge in [-0.25, -0.2) is 0 Å². The maximum atomic E-state index is 13.3. The van der Waals surface area contributed by atoms with Gasteiger partial charge >= 0.3 is 50.9 Å². The van der Waals surface area contributed by atoms with Crippen molar-refractivity contribution in [2.24, 2.45) is 0 Å². The van der Waals surface area contributed by atoms with Crippen LogP contribution in [-0.4, -0.2) is 9.52 Å². The predicted octanol–water partition coefficient (Wildman–Crippen LogP) is 16.7. The van der Waals surface area contributed by atoms with Crippen LogP contribution >= 0.6 is 0 Å². The van der Waals surface area contributed by atoms with Crippen LogP contribution < -0.4 is 0 Å². The maximum absolute atomic E-state index is 13.3. The molecule has 0 aliphatic rings. The van der Waals surface area contributed by atoms with Crippen LogP contribution in [0.25, 0.3) is 43.8 Å². The Bertz CT molecular complexity index is 2080. The molecular formula is C46H46F12SiZr. The van der Waals surface area contributed by atoms with Crippen molar-refractivity contribution in [1.82, 2.24) is 0 Å². The van der Waals surface area contributed by atoms with Crippen molar-refractivity contribution in [3.05, 3.63) is 144 Å². The Labute approximate surface area is 366 Å². The third-order valence-corrected chi connectivity index (χ3v) is 9.03. The van der Waals surface area contributed by atoms with Crippen LogP contribution in [0.5, 0.6) is 0 Å². The number of hydrogen-bond acceptors (Lipinski definition) is 0. The van der Waals surface area contributed by atoms with Crippen LogP contribution in [0.3, 0.4) is 0 Å². The molecule has 0 spiro atoms. The summed E-state index contributed by atoms with van der Waals surface area (Å²) in [6, 6.07) is 18.2. The molecule has 2 radical (unpaired) electrons. The molecular weight excluding hydrogens is 900 g/mol. The van der Waals surface area contributed by atoms with Gasteiger partial charge in [0.2, 0.25) is 0 Å². The van der Waals surface area contributed by atoms with Crippen LogP contribution in [0.1, 0.15) is 71.2 Å². The number of aryl methyl sites for hydroxylation is 4. The summed E-state index contributed by atoms with van der Waals surface area (Å²) in [4.78, 5) is 0. The summed E-state index contributed by atoms with van der Waals surface area (Å²) < 4.78 is 159. The van der Waals surface area contributed by atoms with Crippen LogP contribution in [0.4, 0.5) is 52.7 Å². The monoisotopic (exact) mass is 944 g/mol. The molecule has 0 aromatic heterocycles. The molecule has 0 nitrogen and oxygen atoms in total. The molecule has 0 aliphatic heterocycles. The Hall–Kier alpha value is -3.64. The number of hydrogen-bond donors (Lipinski definition) is 0. The number of halogens is 12. The first kappa shape index (κ1) is 54.4. The molecule has 0 heterocycles. The second-order valence-corrected chi connectivity index (χ2v) is 14.9. The van der Waals surface area contributed by atoms with Crippen LogP contribution in [0.15, 0.2) is 84.9 Å². The third-order valence-electron chi connectivity index (χ3n) is 9.03. The predicted molar refractivity (Wildman–Crippen MR) is 218 cm³/mol. The Kier molecular flexibility index (Phi) is 19.4. The van der Waals surface area contributed by atoms with E-state index in [9.17, 15) is 52.7 Å². The van der Waals surface area contributed by atoms with E-state index < -0.39 is 47.0 Å². The van der Waals surface area contributed by atoms with Gasteiger partial charge < -0.3 is 14.9 Å². The minimum atomic E-state index is -4.86. The Morgan fingerprint density at radius 2 is 0.733 bits per heavy atom. The zero-order valence-corrected chi connectivity index (χ0v) is 37.9. The van der Waals surface area contributed by atoms with Gasteiger partial charge in [-0.1, -0.05) is 75.9 Å². The van der Waals surface area contributed by atoms with Crippen molar-refractivity contribution < 1.29 is 78.9 Å². The number of benzene rings is 4. The van der Waals surface area contributed by atoms with Gasteiger partial charge in [-0.05, 0) is 60.4 Å². The summed E-state index contributed by atoms with van der Waals surface area (Å²) in [6.45, 7) is 11.8. The van der Waals surface area contributed by atoms with Crippen molar-refractivity contribution >= 4 is 31.1 Å². The second-order valence-electron chi connectivity index (χ2n) is 13.9. The summed E-state index contributed by atoms with van der Waals surface area (Å²) in [6.07, 6.45) is -16.9. The second kappa shape index (κ2) is 21.4. The molecule has 0 atom stereocenters. The summed E-state index contributed by atoms with van der Waals surface area (Å²) in [5.74, 6) is 0. The van der Waals surface area contributed by atoms with Crippen LogP contribution in [0.2, 0.25) is 13.1 Å². The van der Waals surface area contributed by atoms with E-state index in [0.717, 1.165) is 79.7 Å². The van der Waals surface area contributed by atoms with E-state index in [4.69, 9.17) is 0 Å². The molecule has 6 aromatic rings. The molecule has 0 amide bonds. The van der Waals surface area contributed by atoms with Crippen molar-refractivity contribution in [3.8, 4) is 22.3 Å². The van der Waals surface area contributed by atoms with Crippen LogP contribution in [-0.2, 0) is 63.8 Å². The fourth-order valence-corrected chi connectivity index (χ4v) is 6.79. The SMILES string of the molecule is CCCc1ccc2[cH-]c(C)cc2c1-c1cc(C(F)(F)F)cc(C(F)(F)F)c1.CCCc1ccc2[cH-]c(C)cc2c1-c1cc(C(F)(F)F)cc(C(F)(F)F)c1.C[Si]C.[CH3-].[CH3-].[Zr+4]. The number of rotatable bonds is 6. The van der Waals surface area contributed by atoms with E-state index in [0.29, 0.717) is 34.7 Å². The fourth-order valence-electron chi connectivity index (χ4n) is 6.79. The average molecular weight is 946 g/mol. The summed E-state index contributed by atoms with van der Waals surface area (Å²) in [5, 5.41) is 2.94. The van der Waals surface area contributed by atoms with Gasteiger partial charge in [-0.2, -0.15) is 64.8 Å². The van der Waals surface area contributed by atoms with Crippen molar-refractivity contribution in [2.45, 2.75) is 91.2 Å². The Morgan fingerprint density at radius 1 is 0.467 bits per heavy atom. The van der Waals surface area contributed by atoms with Gasteiger partial charge in [0.1, 0.15) is 0 Å². The molecule has 60 heavy (non-hydrogen) atoms. The average Bonchev–Trinajstić information content (AvgIpc) is 3.67. The zero-order chi connectivity index (χ0) is 42.7. The normalized spacial score (nSPS) is 11.8. The first-order valence-corrected chi connectivity index (χ1v) is 20.0. The minimum Gasteiger partial charge on any atom is -0.358 e. The fraction of sp³-hybridized carbons (Fsp3) is 0.304. The van der Waals surface area contributed by atoms with Gasteiger partial charge in [0, 0.05) is 9.52 Å². The molecule has 0 aliphatic carbocycles. The first-order valence-electron chi connectivity index (χ1n) is 18.0. The number of fused-ring (bicyclic) bond motifs is 2. The van der Waals surface area contributed by atoms with E-state index in [1.54, 1.807) is 24.3 Å². The van der Waals surface area contributed by atoms with E-state index in [2.05, 4.69) is 13.1 Å². The first-order chi connectivity index (χ1) is 26.4. The quantitative estimate of drug-likeness (QED) is 0.0887. The molecule has 14 heteroatoms. The Balaban J connectivity index is 0.000000538. The maximum Gasteiger partial charge on any atom is 4.00 e. The largest absolute Gasteiger partial charge is 4.00 e. The summed E-state index contributed by atoms with van der Waals surface area (Å²) in [7, 11) is 1.08. The van der Waals surface area contributed by atoms with Crippen molar-refractivity contribution in [3.63, 3.8) is 0 Å². The zero-order valence-electron chi connectivity index (χ0n) is 34.4. The number of alkyl halides is 12. The van der Waals surface area contributed by atoms with Gasteiger partial charge in [0.15, 0.2) is 0 Å². The van der Waals surface area contributed by atoms with E-state index in [1.165, 1.54) is 0 Å². The minimum absolute atomic E-state index is 0. The molecule has 0 saturated carbocycles. The Morgan fingerprint density at radius 3 is 0.967 bits per heavy atom. The molecule has 0 unspecified atom stereocenters. The molecule has 6 rings (SSSR count). The molecule has 6 aromatic carbocycles. The molecule has 0 fully saturated rings. The van der Waals surface area contributed by atoms with Crippen molar-refractivity contribution in [2.75, 3.05) is 0 Å². The summed E-state index contributed by atoms with van der Waals surface area (Å²) >= 11 is 0. The molecule has 0 N–H and O–H groups in total. The van der Waals surface area contributed by atoms with Gasteiger partial charge in [-0.15, -0.1) is 69.1 Å². The third kappa shape index (κ3) is 13.2. The topological polar surface area (TPSA) is 0 Å². The van der Waals surface area contributed by atoms with Crippen LogP contribution in [0, 0.1) is 28.7 Å². The smallest absolute Gasteiger partial charge is 0.358 e. The van der Waals surface area contributed by atoms with Crippen molar-refractivity contribution in [1.29, 1.82) is 0 Å². The van der Waals surface area contributed by atoms with E-state index in [-0.39, 0.29) is 64.3 Å². The molecule has 0 bridgehead atoms. The van der Waals surface area contributed by atoms with E-state index >= 15 is 0 Å².